The molecular formula is C26H35N3O4S. The molecule has 2 unspecified atom stereocenters. The monoisotopic (exact) mass is 485 g/mol. The second kappa shape index (κ2) is 11.4. The van der Waals surface area contributed by atoms with Crippen LogP contribution >= 0.6 is 0 Å². The minimum atomic E-state index is -3.58. The lowest BCUT2D eigenvalue weighted by Gasteiger charge is -2.35. The Morgan fingerprint density at radius 2 is 1.82 bits per heavy atom. The van der Waals surface area contributed by atoms with E-state index in [-0.39, 0.29) is 17.2 Å². The van der Waals surface area contributed by atoms with E-state index in [0.717, 1.165) is 18.7 Å². The highest BCUT2D eigenvalue weighted by molar-refractivity contribution is 7.92. The molecule has 0 radical (unpaired) electrons. The van der Waals surface area contributed by atoms with Gasteiger partial charge in [-0.2, -0.15) is 0 Å². The van der Waals surface area contributed by atoms with E-state index in [0.29, 0.717) is 37.8 Å². The lowest BCUT2D eigenvalue weighted by molar-refractivity contribution is 0.0906. The van der Waals surface area contributed by atoms with Crippen LogP contribution in [0.1, 0.15) is 36.5 Å². The molecule has 34 heavy (non-hydrogen) atoms. The van der Waals surface area contributed by atoms with E-state index in [1.54, 1.807) is 47.4 Å². The molecule has 2 aliphatic rings. The first-order valence-electron chi connectivity index (χ1n) is 12.2. The quantitative estimate of drug-likeness (QED) is 0.410. The van der Waals surface area contributed by atoms with Gasteiger partial charge >= 0.3 is 0 Å². The van der Waals surface area contributed by atoms with Gasteiger partial charge in [0.05, 0.1) is 18.0 Å². The van der Waals surface area contributed by atoms with Crippen LogP contribution in [0, 0.1) is 0 Å². The second-order valence-electron chi connectivity index (χ2n) is 9.16. The number of rotatable bonds is 10. The first-order valence-corrected chi connectivity index (χ1v) is 13.7. The number of carbonyl (C=O) groups is 1. The maximum atomic E-state index is 13.2. The van der Waals surface area contributed by atoms with Gasteiger partial charge in [-0.3, -0.25) is 9.69 Å². The summed E-state index contributed by atoms with van der Waals surface area (Å²) >= 11 is 0. The Morgan fingerprint density at radius 3 is 2.53 bits per heavy atom. The minimum Gasteiger partial charge on any atom is -0.494 e. The maximum absolute atomic E-state index is 13.2. The Labute approximate surface area is 203 Å². The normalized spacial score (nSPS) is 22.0. The Bertz CT molecular complexity index is 1040. The van der Waals surface area contributed by atoms with Crippen molar-refractivity contribution in [2.45, 2.75) is 42.5 Å². The Hall–Kier alpha value is -2.26. The number of nitrogens with one attached hydrogen (secondary N) is 1. The summed E-state index contributed by atoms with van der Waals surface area (Å²) in [6.45, 7) is 6.67. The zero-order valence-corrected chi connectivity index (χ0v) is 20.7. The molecule has 2 aliphatic heterocycles. The van der Waals surface area contributed by atoms with Crippen LogP contribution in [0.15, 0.2) is 59.5 Å². The fourth-order valence-corrected chi connectivity index (χ4v) is 6.53. The number of ether oxygens (including phenoxy) is 1. The zero-order chi connectivity index (χ0) is 24.0. The van der Waals surface area contributed by atoms with Crippen LogP contribution in [-0.2, 0) is 9.84 Å². The van der Waals surface area contributed by atoms with Crippen molar-refractivity contribution >= 4 is 15.6 Å². The van der Waals surface area contributed by atoms with E-state index in [4.69, 9.17) is 4.74 Å². The molecule has 0 aliphatic carbocycles. The molecule has 0 aromatic heterocycles. The van der Waals surface area contributed by atoms with Crippen LogP contribution in [-0.4, -0.2) is 81.3 Å². The predicted octanol–water partition coefficient (Wildman–Crippen LogP) is 2.83. The summed E-state index contributed by atoms with van der Waals surface area (Å²) in [5.74, 6) is 0.655. The summed E-state index contributed by atoms with van der Waals surface area (Å²) in [7, 11) is -3.58. The van der Waals surface area contributed by atoms with Crippen LogP contribution in [0.3, 0.4) is 0 Å². The lowest BCUT2D eigenvalue weighted by atomic mass is 10.1. The van der Waals surface area contributed by atoms with E-state index >= 15 is 0 Å². The number of piperazine rings is 1. The predicted molar refractivity (Wildman–Crippen MR) is 133 cm³/mol. The van der Waals surface area contributed by atoms with Gasteiger partial charge in [0, 0.05) is 37.8 Å². The first kappa shape index (κ1) is 24.9. The van der Waals surface area contributed by atoms with Crippen molar-refractivity contribution in [3.05, 3.63) is 60.2 Å². The number of hydrogen-bond donors (Lipinski definition) is 1. The van der Waals surface area contributed by atoms with Gasteiger partial charge in [-0.05, 0) is 69.1 Å². The lowest BCUT2D eigenvalue weighted by Crippen LogP contribution is -2.55. The van der Waals surface area contributed by atoms with Crippen molar-refractivity contribution in [1.82, 2.24) is 15.1 Å². The molecule has 184 valence electrons. The highest BCUT2D eigenvalue weighted by Gasteiger charge is 2.35. The summed E-state index contributed by atoms with van der Waals surface area (Å²) < 4.78 is 32.2. The largest absolute Gasteiger partial charge is 0.494 e. The van der Waals surface area contributed by atoms with Gasteiger partial charge in [0.1, 0.15) is 11.1 Å². The van der Waals surface area contributed by atoms with Gasteiger partial charge in [0.2, 0.25) is 0 Å². The minimum absolute atomic E-state index is 0.0621. The second-order valence-corrected chi connectivity index (χ2v) is 11.3. The standard InChI is InChI=1S/C26H35N3O4S/c1-21-7-5-15-28(21)16-6-18-33-23-12-10-22(11-13-23)25(30)20-29-17-14-27-19-26(29)34(31,32)24-8-3-2-4-9-24/h2-4,8-13,21,26-27H,5-7,14-20H2,1H3. The van der Waals surface area contributed by atoms with E-state index in [9.17, 15) is 13.2 Å². The van der Waals surface area contributed by atoms with Gasteiger partial charge < -0.3 is 15.0 Å². The molecule has 2 fully saturated rings. The third kappa shape index (κ3) is 6.05. The SMILES string of the molecule is CC1CCCN1CCCOc1ccc(C(=O)CN2CCNCC2S(=O)(=O)c2ccccc2)cc1. The molecule has 0 bridgehead atoms. The van der Waals surface area contributed by atoms with Crippen LogP contribution in [0.25, 0.3) is 0 Å². The Balaban J connectivity index is 1.31. The van der Waals surface area contributed by atoms with Crippen molar-refractivity contribution in [3.8, 4) is 5.75 Å². The summed E-state index contributed by atoms with van der Waals surface area (Å²) in [4.78, 5) is 17.5. The first-order chi connectivity index (χ1) is 16.4. The smallest absolute Gasteiger partial charge is 0.195 e. The van der Waals surface area contributed by atoms with E-state index in [1.807, 2.05) is 12.1 Å². The van der Waals surface area contributed by atoms with Crippen molar-refractivity contribution in [3.63, 3.8) is 0 Å². The number of Topliss-reactive ketones (excluding diaryl/α,β-unsaturated/α-hetero) is 1. The number of likely N-dealkylation sites (tertiary alicyclic amines) is 1. The summed E-state index contributed by atoms with van der Waals surface area (Å²) in [6.07, 6.45) is 3.54. The summed E-state index contributed by atoms with van der Waals surface area (Å²) in [6, 6.07) is 16.3. The zero-order valence-electron chi connectivity index (χ0n) is 19.9. The molecule has 0 amide bonds. The van der Waals surface area contributed by atoms with Crippen molar-refractivity contribution in [2.24, 2.45) is 0 Å². The highest BCUT2D eigenvalue weighted by atomic mass is 32.2. The number of benzene rings is 2. The molecule has 7 nitrogen and oxygen atoms in total. The molecule has 0 saturated carbocycles. The number of hydrogen-bond acceptors (Lipinski definition) is 7. The van der Waals surface area contributed by atoms with Crippen LogP contribution in [0.5, 0.6) is 5.75 Å². The number of nitrogens with zero attached hydrogens (tertiary/aromatic N) is 2. The van der Waals surface area contributed by atoms with E-state index < -0.39 is 15.2 Å². The molecule has 4 rings (SSSR count). The third-order valence-electron chi connectivity index (χ3n) is 6.80. The highest BCUT2D eigenvalue weighted by Crippen LogP contribution is 2.21. The summed E-state index contributed by atoms with van der Waals surface area (Å²) in [5, 5.41) is 2.38. The van der Waals surface area contributed by atoms with Gasteiger partial charge in [-0.15, -0.1) is 0 Å². The molecule has 1 N–H and O–H groups in total. The number of ketones is 1. The van der Waals surface area contributed by atoms with Gasteiger partial charge in [-0.25, -0.2) is 8.42 Å². The van der Waals surface area contributed by atoms with Crippen LogP contribution < -0.4 is 10.1 Å². The summed E-state index contributed by atoms with van der Waals surface area (Å²) in [5.41, 5.74) is 0.563. The van der Waals surface area contributed by atoms with Crippen molar-refractivity contribution in [2.75, 3.05) is 45.9 Å². The van der Waals surface area contributed by atoms with E-state index in [1.165, 1.54) is 19.4 Å². The van der Waals surface area contributed by atoms with Gasteiger partial charge in [-0.1, -0.05) is 18.2 Å². The number of carbonyl (C=O) groups excluding carboxylic acids is 1. The molecule has 2 aromatic rings. The average Bonchev–Trinajstić information content (AvgIpc) is 3.27. The third-order valence-corrected chi connectivity index (χ3v) is 8.91. The topological polar surface area (TPSA) is 79.0 Å². The molecule has 0 spiro atoms. The fraction of sp³-hybridized carbons (Fsp3) is 0.500. The molecule has 2 heterocycles. The molecule has 2 aromatic carbocycles. The van der Waals surface area contributed by atoms with E-state index in [2.05, 4.69) is 17.1 Å². The molecular weight excluding hydrogens is 450 g/mol. The van der Waals surface area contributed by atoms with Crippen molar-refractivity contribution in [1.29, 1.82) is 0 Å². The van der Waals surface area contributed by atoms with Crippen molar-refractivity contribution < 1.29 is 17.9 Å². The Kier molecular flexibility index (Phi) is 8.37. The van der Waals surface area contributed by atoms with Gasteiger partial charge in [0.25, 0.3) is 0 Å². The Morgan fingerprint density at radius 1 is 1.06 bits per heavy atom. The van der Waals surface area contributed by atoms with Crippen LogP contribution in [0.4, 0.5) is 0 Å². The molecule has 8 heteroatoms. The van der Waals surface area contributed by atoms with Crippen LogP contribution in [0.2, 0.25) is 0 Å². The molecule has 2 atom stereocenters. The number of sulfone groups is 1. The average molecular weight is 486 g/mol. The molecule has 2 saturated heterocycles. The fourth-order valence-electron chi connectivity index (χ4n) is 4.77. The maximum Gasteiger partial charge on any atom is 0.195 e. The van der Waals surface area contributed by atoms with Gasteiger partial charge in [0.15, 0.2) is 15.6 Å².